The number of hydrogen-bond donors (Lipinski definition) is 2. The summed E-state index contributed by atoms with van der Waals surface area (Å²) in [5.41, 5.74) is 0.811. The van der Waals surface area contributed by atoms with E-state index in [1.807, 2.05) is 43.3 Å². The van der Waals surface area contributed by atoms with Gasteiger partial charge in [-0.2, -0.15) is 0 Å². The minimum absolute atomic E-state index is 0.0220. The molecule has 0 bridgehead atoms. The van der Waals surface area contributed by atoms with Gasteiger partial charge in [-0.25, -0.2) is 4.98 Å². The van der Waals surface area contributed by atoms with Gasteiger partial charge in [0.1, 0.15) is 0 Å². The van der Waals surface area contributed by atoms with Crippen molar-refractivity contribution >= 4 is 36.0 Å². The third kappa shape index (κ3) is 5.34. The molecule has 1 aromatic carbocycles. The van der Waals surface area contributed by atoms with Crippen molar-refractivity contribution in [3.63, 3.8) is 0 Å². The van der Waals surface area contributed by atoms with Gasteiger partial charge in [0.05, 0.1) is 22.0 Å². The number of rotatable bonds is 8. The monoisotopic (exact) mass is 353 g/mol. The quantitative estimate of drug-likeness (QED) is 0.550. The highest BCUT2D eigenvalue weighted by Crippen LogP contribution is 2.47. The number of benzene rings is 1. The van der Waals surface area contributed by atoms with E-state index in [9.17, 15) is 14.3 Å². The Hall–Kier alpha value is -1.36. The summed E-state index contributed by atoms with van der Waals surface area (Å²) in [6.07, 6.45) is 0.909. The van der Waals surface area contributed by atoms with Crippen LogP contribution in [0.3, 0.4) is 0 Å². The second-order valence-electron chi connectivity index (χ2n) is 5.47. The number of aromatic nitrogens is 1. The molecular weight excluding hydrogens is 333 g/mol. The number of fused-ring (bicyclic) bond motifs is 1. The minimum atomic E-state index is -3.52. The predicted octanol–water partition coefficient (Wildman–Crippen LogP) is 4.06. The molecule has 2 unspecified atom stereocenters. The second-order valence-corrected chi connectivity index (χ2v) is 9.27. The van der Waals surface area contributed by atoms with Crippen LogP contribution >= 0.6 is 19.1 Å². The van der Waals surface area contributed by atoms with E-state index in [0.29, 0.717) is 17.9 Å². The Bertz CT molecular complexity index is 737. The molecular formula is C16H20NO4PS. The minimum Gasteiger partial charge on any atom is -0.481 e. The molecule has 0 spiro atoms. The normalized spacial score (nSPS) is 15.2. The van der Waals surface area contributed by atoms with E-state index >= 15 is 0 Å². The number of hydrogen-bond acceptors (Lipinski definition) is 4. The zero-order chi connectivity index (χ0) is 16.9. The van der Waals surface area contributed by atoms with Crippen LogP contribution in [0.1, 0.15) is 19.8 Å². The summed E-state index contributed by atoms with van der Waals surface area (Å²) in [6.45, 7) is 1.87. The first-order chi connectivity index (χ1) is 10.9. The van der Waals surface area contributed by atoms with Crippen LogP contribution in [-0.4, -0.2) is 32.6 Å². The molecule has 0 saturated heterocycles. The first-order valence-electron chi connectivity index (χ1n) is 7.43. The molecule has 0 saturated carbocycles. The highest BCUT2D eigenvalue weighted by Gasteiger charge is 2.28. The number of thioether (sulfide) groups is 1. The largest absolute Gasteiger partial charge is 0.481 e. The van der Waals surface area contributed by atoms with E-state index in [2.05, 4.69) is 4.98 Å². The molecule has 2 rings (SSSR count). The third-order valence-corrected chi connectivity index (χ3v) is 7.14. The molecule has 0 amide bonds. The molecule has 0 aliphatic carbocycles. The predicted molar refractivity (Wildman–Crippen MR) is 93.2 cm³/mol. The summed E-state index contributed by atoms with van der Waals surface area (Å²) >= 11 is 1.20. The van der Waals surface area contributed by atoms with E-state index in [1.54, 1.807) is 0 Å². The fraction of sp³-hybridized carbons (Fsp3) is 0.375. The summed E-state index contributed by atoms with van der Waals surface area (Å²) in [4.78, 5) is 25.7. The number of carbonyl (C=O) groups is 1. The van der Waals surface area contributed by atoms with Crippen LogP contribution in [0.15, 0.2) is 41.4 Å². The lowest BCUT2D eigenvalue weighted by atomic mass is 10.1. The Balaban J connectivity index is 2.02. The van der Waals surface area contributed by atoms with Gasteiger partial charge in [0.25, 0.3) is 0 Å². The maximum atomic E-state index is 12.3. The number of aliphatic carboxylic acids is 1. The Kier molecular flexibility index (Phi) is 6.22. The van der Waals surface area contributed by atoms with E-state index in [-0.39, 0.29) is 11.7 Å². The summed E-state index contributed by atoms with van der Waals surface area (Å²) in [5.74, 6) is -1.77. The van der Waals surface area contributed by atoms with Gasteiger partial charge >= 0.3 is 5.97 Å². The van der Waals surface area contributed by atoms with E-state index in [0.717, 1.165) is 10.9 Å². The van der Waals surface area contributed by atoms with E-state index < -0.39 is 19.3 Å². The summed E-state index contributed by atoms with van der Waals surface area (Å²) in [5, 5.41) is 10.8. The van der Waals surface area contributed by atoms with E-state index in [4.69, 9.17) is 5.11 Å². The van der Waals surface area contributed by atoms with Crippen molar-refractivity contribution in [3.8, 4) is 0 Å². The maximum absolute atomic E-state index is 12.3. The lowest BCUT2D eigenvalue weighted by Crippen LogP contribution is -2.18. The molecule has 0 fully saturated rings. The van der Waals surface area contributed by atoms with Crippen molar-refractivity contribution in [2.75, 3.05) is 11.7 Å². The van der Waals surface area contributed by atoms with Crippen LogP contribution in [0.25, 0.3) is 10.9 Å². The zero-order valence-corrected chi connectivity index (χ0v) is 14.6. The lowest BCUT2D eigenvalue weighted by molar-refractivity contribution is -0.141. The molecule has 5 nitrogen and oxygen atoms in total. The summed E-state index contributed by atoms with van der Waals surface area (Å²) < 4.78 is 12.3. The fourth-order valence-corrected chi connectivity index (χ4v) is 5.45. The number of pyridine rings is 1. The number of carboxylic acid groups (broad SMARTS) is 1. The molecule has 1 aromatic heterocycles. The van der Waals surface area contributed by atoms with Crippen LogP contribution < -0.4 is 0 Å². The van der Waals surface area contributed by atoms with Gasteiger partial charge < -0.3 is 10.00 Å². The highest BCUT2D eigenvalue weighted by molar-refractivity contribution is 8.04. The Labute approximate surface area is 139 Å². The standard InChI is InChI=1S/C16H20NO4PS/c1-2-5-13(16(18)19)10-22(20,21)11-23-15-9-8-12-6-3-4-7-14(12)17-15/h3-4,6-9,13H,2,5,10-11H2,1H3,(H,18,19)(H,20,21). The zero-order valence-electron chi connectivity index (χ0n) is 12.9. The van der Waals surface area contributed by atoms with Crippen molar-refractivity contribution in [1.82, 2.24) is 4.98 Å². The molecule has 0 aliphatic rings. The van der Waals surface area contributed by atoms with Crippen LogP contribution in [0.4, 0.5) is 0 Å². The van der Waals surface area contributed by atoms with Crippen LogP contribution in [0, 0.1) is 5.92 Å². The molecule has 0 radical (unpaired) electrons. The van der Waals surface area contributed by atoms with Crippen LogP contribution in [0.2, 0.25) is 0 Å². The maximum Gasteiger partial charge on any atom is 0.307 e. The highest BCUT2D eigenvalue weighted by atomic mass is 32.2. The molecule has 1 heterocycles. The molecule has 2 atom stereocenters. The summed E-state index contributed by atoms with van der Waals surface area (Å²) in [6, 6.07) is 11.4. The number of nitrogens with zero attached hydrogens (tertiary/aromatic N) is 1. The topological polar surface area (TPSA) is 87.5 Å². The van der Waals surface area contributed by atoms with Gasteiger partial charge in [0.15, 0.2) is 0 Å². The van der Waals surface area contributed by atoms with Crippen LogP contribution in [0.5, 0.6) is 0 Å². The van der Waals surface area contributed by atoms with Gasteiger partial charge in [0, 0.05) is 11.5 Å². The van der Waals surface area contributed by atoms with E-state index in [1.165, 1.54) is 11.8 Å². The Morgan fingerprint density at radius 1 is 1.30 bits per heavy atom. The van der Waals surface area contributed by atoms with Crippen molar-refractivity contribution < 1.29 is 19.4 Å². The first-order valence-corrected chi connectivity index (χ1v) is 10.4. The smallest absolute Gasteiger partial charge is 0.307 e. The molecule has 2 N–H and O–H groups in total. The molecule has 0 aliphatic heterocycles. The average molecular weight is 353 g/mol. The van der Waals surface area contributed by atoms with Gasteiger partial charge in [-0.1, -0.05) is 49.4 Å². The summed E-state index contributed by atoms with van der Waals surface area (Å²) in [7, 11) is -3.52. The fourth-order valence-electron chi connectivity index (χ4n) is 2.33. The van der Waals surface area contributed by atoms with Gasteiger partial charge in [-0.15, -0.1) is 0 Å². The number of carboxylic acids is 1. The number of para-hydroxylation sites is 1. The van der Waals surface area contributed by atoms with Gasteiger partial charge in [-0.3, -0.25) is 9.36 Å². The first kappa shape index (κ1) is 18.0. The SMILES string of the molecule is CCCC(CP(=O)(O)CSc1ccc2ccccc2n1)C(=O)O. The molecule has 2 aromatic rings. The Morgan fingerprint density at radius 2 is 2.04 bits per heavy atom. The van der Waals surface area contributed by atoms with Crippen molar-refractivity contribution in [3.05, 3.63) is 36.4 Å². The Morgan fingerprint density at radius 3 is 2.74 bits per heavy atom. The lowest BCUT2D eigenvalue weighted by Gasteiger charge is -2.16. The second kappa shape index (κ2) is 7.95. The van der Waals surface area contributed by atoms with Gasteiger partial charge in [0.2, 0.25) is 7.37 Å². The van der Waals surface area contributed by atoms with Crippen molar-refractivity contribution in [2.45, 2.75) is 24.8 Å². The molecule has 124 valence electrons. The third-order valence-electron chi connectivity index (χ3n) is 3.48. The molecule has 23 heavy (non-hydrogen) atoms. The van der Waals surface area contributed by atoms with Crippen molar-refractivity contribution in [1.29, 1.82) is 0 Å². The molecule has 7 heteroatoms. The van der Waals surface area contributed by atoms with Gasteiger partial charge in [-0.05, 0) is 18.6 Å². The average Bonchev–Trinajstić information content (AvgIpc) is 2.52. The van der Waals surface area contributed by atoms with Crippen LogP contribution in [-0.2, 0) is 9.36 Å². The van der Waals surface area contributed by atoms with Crippen molar-refractivity contribution in [2.24, 2.45) is 5.92 Å².